The van der Waals surface area contributed by atoms with Crippen LogP contribution in [0.5, 0.6) is 11.5 Å². The van der Waals surface area contributed by atoms with Gasteiger partial charge < -0.3 is 29.2 Å². The molecule has 130 valence electrons. The molecular weight excluding hydrogens is 312 g/mol. The molecule has 0 spiro atoms. The number of amides is 2. The molecule has 7 heteroatoms. The van der Waals surface area contributed by atoms with E-state index in [1.54, 1.807) is 0 Å². The van der Waals surface area contributed by atoms with Gasteiger partial charge in [-0.15, -0.1) is 0 Å². The van der Waals surface area contributed by atoms with Crippen molar-refractivity contribution in [3.8, 4) is 11.5 Å². The number of nitrogens with one attached hydrogen (secondary N) is 1. The highest BCUT2D eigenvalue weighted by Crippen LogP contribution is 2.39. The molecule has 1 aromatic carbocycles. The number of hydrogen-bond acceptors (Lipinski definition) is 5. The number of carbonyl (C=O) groups excluding carboxylic acids is 1. The molecule has 3 heterocycles. The quantitative estimate of drug-likeness (QED) is 0.899. The van der Waals surface area contributed by atoms with Gasteiger partial charge in [-0.05, 0) is 31.9 Å². The summed E-state index contributed by atoms with van der Waals surface area (Å²) >= 11 is 0. The van der Waals surface area contributed by atoms with Crippen LogP contribution in [0.15, 0.2) is 18.2 Å². The number of piperidine rings is 1. The largest absolute Gasteiger partial charge is 0.454 e. The zero-order valence-electron chi connectivity index (χ0n) is 13.7. The monoisotopic (exact) mass is 334 g/mol. The van der Waals surface area contributed by atoms with Gasteiger partial charge >= 0.3 is 6.03 Å². The molecule has 3 aliphatic rings. The molecule has 24 heavy (non-hydrogen) atoms. The van der Waals surface area contributed by atoms with Crippen molar-refractivity contribution in [3.05, 3.63) is 18.2 Å². The molecule has 0 bridgehead atoms. The highest BCUT2D eigenvalue weighted by atomic mass is 16.7. The van der Waals surface area contributed by atoms with Crippen LogP contribution in [0.4, 0.5) is 10.5 Å². The molecule has 0 radical (unpaired) electrons. The second-order valence-corrected chi connectivity index (χ2v) is 6.47. The number of rotatable bonds is 2. The zero-order chi connectivity index (χ0) is 16.6. The standard InChI is InChI=1S/C17H22N2O5/c1-17(23-8-9-24-17)12-4-3-7-19(10-12)16(20)18-13-5-2-6-14-15(13)22-11-21-14/h2,5-6,12H,3-4,7-11H2,1H3,(H,18,20). The van der Waals surface area contributed by atoms with E-state index in [0.717, 1.165) is 19.4 Å². The summed E-state index contributed by atoms with van der Waals surface area (Å²) in [4.78, 5) is 14.5. The minimum Gasteiger partial charge on any atom is -0.454 e. The summed E-state index contributed by atoms with van der Waals surface area (Å²) in [5, 5.41) is 2.94. The van der Waals surface area contributed by atoms with Crippen LogP contribution in [-0.4, -0.2) is 49.8 Å². The van der Waals surface area contributed by atoms with E-state index in [2.05, 4.69) is 5.32 Å². The summed E-state index contributed by atoms with van der Waals surface area (Å²) < 4.78 is 22.3. The van der Waals surface area contributed by atoms with Gasteiger partial charge in [0.25, 0.3) is 0 Å². The van der Waals surface area contributed by atoms with Crippen LogP contribution < -0.4 is 14.8 Å². The third-order valence-corrected chi connectivity index (χ3v) is 4.95. The highest BCUT2D eigenvalue weighted by Gasteiger charge is 2.42. The van der Waals surface area contributed by atoms with Gasteiger partial charge in [-0.3, -0.25) is 0 Å². The van der Waals surface area contributed by atoms with E-state index in [1.165, 1.54) is 0 Å². The Morgan fingerprint density at radius 1 is 1.29 bits per heavy atom. The van der Waals surface area contributed by atoms with Crippen LogP contribution in [0.2, 0.25) is 0 Å². The SMILES string of the molecule is CC1(C2CCCN(C(=O)Nc3cccc4c3OCO4)C2)OCCO1. The van der Waals surface area contributed by atoms with E-state index in [-0.39, 0.29) is 18.7 Å². The topological polar surface area (TPSA) is 69.3 Å². The number of para-hydroxylation sites is 1. The number of hydrogen-bond donors (Lipinski definition) is 1. The molecule has 2 fully saturated rings. The first kappa shape index (κ1) is 15.5. The minimum absolute atomic E-state index is 0.134. The van der Waals surface area contributed by atoms with E-state index < -0.39 is 5.79 Å². The Hall–Kier alpha value is -1.99. The molecule has 0 saturated carbocycles. The van der Waals surface area contributed by atoms with Gasteiger partial charge in [-0.1, -0.05) is 6.07 Å². The highest BCUT2D eigenvalue weighted by molar-refractivity contribution is 5.91. The van der Waals surface area contributed by atoms with Crippen LogP contribution >= 0.6 is 0 Å². The predicted octanol–water partition coefficient (Wildman–Crippen LogP) is 2.42. The molecule has 1 aromatic rings. The van der Waals surface area contributed by atoms with Gasteiger partial charge in [0.1, 0.15) is 0 Å². The van der Waals surface area contributed by atoms with Gasteiger partial charge in [0.2, 0.25) is 6.79 Å². The molecule has 1 unspecified atom stereocenters. The third-order valence-electron chi connectivity index (χ3n) is 4.95. The van der Waals surface area contributed by atoms with Crippen molar-refractivity contribution < 1.29 is 23.7 Å². The fraction of sp³-hybridized carbons (Fsp3) is 0.588. The lowest BCUT2D eigenvalue weighted by molar-refractivity contribution is -0.189. The fourth-order valence-corrected chi connectivity index (χ4v) is 3.58. The average Bonchev–Trinajstić information content (AvgIpc) is 3.25. The lowest BCUT2D eigenvalue weighted by Gasteiger charge is -2.39. The summed E-state index contributed by atoms with van der Waals surface area (Å²) in [5.74, 6) is 0.850. The molecule has 2 amide bonds. The van der Waals surface area contributed by atoms with Crippen molar-refractivity contribution in [3.63, 3.8) is 0 Å². The maximum absolute atomic E-state index is 12.7. The molecule has 1 N–H and O–H groups in total. The van der Waals surface area contributed by atoms with Gasteiger partial charge in [0, 0.05) is 19.0 Å². The van der Waals surface area contributed by atoms with Crippen LogP contribution in [-0.2, 0) is 9.47 Å². The Balaban J connectivity index is 1.44. The second kappa shape index (κ2) is 6.14. The van der Waals surface area contributed by atoms with Crippen molar-refractivity contribution >= 4 is 11.7 Å². The van der Waals surface area contributed by atoms with Crippen LogP contribution in [0.25, 0.3) is 0 Å². The van der Waals surface area contributed by atoms with Crippen molar-refractivity contribution in [1.29, 1.82) is 0 Å². The zero-order valence-corrected chi connectivity index (χ0v) is 13.7. The van der Waals surface area contributed by atoms with E-state index in [0.29, 0.717) is 36.9 Å². The van der Waals surface area contributed by atoms with Gasteiger partial charge in [0.15, 0.2) is 17.3 Å². The third kappa shape index (κ3) is 2.78. The van der Waals surface area contributed by atoms with Crippen LogP contribution in [0.1, 0.15) is 19.8 Å². The number of urea groups is 1. The van der Waals surface area contributed by atoms with Crippen LogP contribution in [0.3, 0.4) is 0 Å². The number of likely N-dealkylation sites (tertiary alicyclic amines) is 1. The number of ether oxygens (including phenoxy) is 4. The minimum atomic E-state index is -0.579. The van der Waals surface area contributed by atoms with E-state index >= 15 is 0 Å². The smallest absolute Gasteiger partial charge is 0.321 e. The summed E-state index contributed by atoms with van der Waals surface area (Å²) in [6.07, 6.45) is 1.94. The molecule has 2 saturated heterocycles. The molecular formula is C17H22N2O5. The van der Waals surface area contributed by atoms with Gasteiger partial charge in [-0.25, -0.2) is 4.79 Å². The summed E-state index contributed by atoms with van der Waals surface area (Å²) in [6, 6.07) is 5.34. The van der Waals surface area contributed by atoms with Crippen molar-refractivity contribution in [2.24, 2.45) is 5.92 Å². The molecule has 3 aliphatic heterocycles. The molecule has 1 atom stereocenters. The molecule has 0 aromatic heterocycles. The Kier molecular flexibility index (Phi) is 3.97. The number of nitrogens with zero attached hydrogens (tertiary/aromatic N) is 1. The van der Waals surface area contributed by atoms with Crippen LogP contribution in [0, 0.1) is 5.92 Å². The normalized spacial score (nSPS) is 24.9. The first-order valence-corrected chi connectivity index (χ1v) is 8.38. The second-order valence-electron chi connectivity index (χ2n) is 6.47. The van der Waals surface area contributed by atoms with E-state index in [4.69, 9.17) is 18.9 Å². The molecule has 0 aliphatic carbocycles. The number of fused-ring (bicyclic) bond motifs is 1. The summed E-state index contributed by atoms with van der Waals surface area (Å²) in [7, 11) is 0. The lowest BCUT2D eigenvalue weighted by atomic mass is 9.90. The van der Waals surface area contributed by atoms with Crippen molar-refractivity contribution in [2.45, 2.75) is 25.6 Å². The van der Waals surface area contributed by atoms with Crippen molar-refractivity contribution in [2.75, 3.05) is 38.4 Å². The number of anilines is 1. The Morgan fingerprint density at radius 2 is 2.12 bits per heavy atom. The Morgan fingerprint density at radius 3 is 2.96 bits per heavy atom. The fourth-order valence-electron chi connectivity index (χ4n) is 3.58. The Labute approximate surface area is 140 Å². The molecule has 4 rings (SSSR count). The Bertz CT molecular complexity index is 629. The van der Waals surface area contributed by atoms with Crippen molar-refractivity contribution in [1.82, 2.24) is 4.90 Å². The number of benzene rings is 1. The maximum Gasteiger partial charge on any atom is 0.321 e. The molecule has 7 nitrogen and oxygen atoms in total. The summed E-state index contributed by atoms with van der Waals surface area (Å²) in [5.41, 5.74) is 0.636. The summed E-state index contributed by atoms with van der Waals surface area (Å²) in [6.45, 7) is 4.74. The van der Waals surface area contributed by atoms with E-state index in [1.807, 2.05) is 30.0 Å². The van der Waals surface area contributed by atoms with E-state index in [9.17, 15) is 4.79 Å². The lowest BCUT2D eigenvalue weighted by Crippen LogP contribution is -2.49. The van der Waals surface area contributed by atoms with Gasteiger partial charge in [0.05, 0.1) is 18.9 Å². The number of carbonyl (C=O) groups is 1. The first-order chi connectivity index (χ1) is 11.7. The average molecular weight is 334 g/mol. The van der Waals surface area contributed by atoms with Gasteiger partial charge in [-0.2, -0.15) is 0 Å². The first-order valence-electron chi connectivity index (χ1n) is 8.38. The maximum atomic E-state index is 12.7. The predicted molar refractivity (Wildman–Crippen MR) is 86.2 cm³/mol.